The third-order valence-electron chi connectivity index (χ3n) is 1.60. The number of carbonyl (C=O) groups excluding carboxylic acids is 1. The van der Waals surface area contributed by atoms with Crippen LogP contribution in [0.5, 0.6) is 0 Å². The van der Waals surface area contributed by atoms with Crippen LogP contribution in [0, 0.1) is 0 Å². The lowest BCUT2D eigenvalue weighted by atomic mass is 10.2. The van der Waals surface area contributed by atoms with Crippen LogP contribution in [-0.2, 0) is 9.53 Å². The highest BCUT2D eigenvalue weighted by Gasteiger charge is 2.19. The van der Waals surface area contributed by atoms with Crippen LogP contribution in [0.1, 0.15) is 13.8 Å². The van der Waals surface area contributed by atoms with Gasteiger partial charge in [0.15, 0.2) is 0 Å². The number of ether oxygens (including phenoxy) is 1. The summed E-state index contributed by atoms with van der Waals surface area (Å²) in [5.41, 5.74) is 6.66. The van der Waals surface area contributed by atoms with Crippen molar-refractivity contribution in [2.75, 3.05) is 6.61 Å². The summed E-state index contributed by atoms with van der Waals surface area (Å²) in [5.74, 6) is -0.398. The Morgan fingerprint density at radius 2 is 2.50 bits per heavy atom. The lowest BCUT2D eigenvalue weighted by Gasteiger charge is -1.97. The number of rotatable bonds is 2. The molecular weight excluding hydrogens is 156 g/mol. The van der Waals surface area contributed by atoms with Crippen molar-refractivity contribution in [1.29, 1.82) is 0 Å². The second kappa shape index (κ2) is 3.49. The molecule has 0 saturated heterocycles. The van der Waals surface area contributed by atoms with E-state index in [1.165, 1.54) is 0 Å². The second-order valence-electron chi connectivity index (χ2n) is 2.55. The van der Waals surface area contributed by atoms with Gasteiger partial charge in [-0.3, -0.25) is 0 Å². The van der Waals surface area contributed by atoms with Crippen molar-refractivity contribution >= 4 is 11.7 Å². The van der Waals surface area contributed by atoms with Crippen LogP contribution < -0.4 is 5.73 Å². The van der Waals surface area contributed by atoms with E-state index in [-0.39, 0.29) is 6.04 Å². The molecule has 1 heterocycles. The first kappa shape index (κ1) is 8.93. The first-order valence-electron chi connectivity index (χ1n) is 3.85. The summed E-state index contributed by atoms with van der Waals surface area (Å²) < 4.78 is 4.75. The highest BCUT2D eigenvalue weighted by Crippen LogP contribution is 2.10. The maximum absolute atomic E-state index is 11.1. The van der Waals surface area contributed by atoms with Crippen LogP contribution in [0.2, 0.25) is 0 Å². The minimum atomic E-state index is -0.398. The van der Waals surface area contributed by atoms with Crippen molar-refractivity contribution in [3.05, 3.63) is 11.8 Å². The molecule has 12 heavy (non-hydrogen) atoms. The largest absolute Gasteiger partial charge is 0.461 e. The fourth-order valence-corrected chi connectivity index (χ4v) is 0.911. The lowest BCUT2D eigenvalue weighted by Crippen LogP contribution is -2.22. The molecule has 0 aliphatic carbocycles. The summed E-state index contributed by atoms with van der Waals surface area (Å²) in [6.45, 7) is 3.90. The molecule has 0 fully saturated rings. The van der Waals surface area contributed by atoms with Gasteiger partial charge in [0.1, 0.15) is 5.70 Å². The summed E-state index contributed by atoms with van der Waals surface area (Å²) in [4.78, 5) is 15.0. The van der Waals surface area contributed by atoms with E-state index in [2.05, 4.69) is 4.99 Å². The Bertz CT molecular complexity index is 256. The summed E-state index contributed by atoms with van der Waals surface area (Å²) in [7, 11) is 0. The van der Waals surface area contributed by atoms with E-state index in [9.17, 15) is 4.79 Å². The Balaban J connectivity index is 2.67. The Hall–Kier alpha value is -1.16. The zero-order valence-corrected chi connectivity index (χ0v) is 7.20. The van der Waals surface area contributed by atoms with Gasteiger partial charge in [-0.15, -0.1) is 0 Å². The Kier molecular flexibility index (Phi) is 2.60. The van der Waals surface area contributed by atoms with Gasteiger partial charge in [0.2, 0.25) is 0 Å². The first-order valence-corrected chi connectivity index (χ1v) is 3.85. The van der Waals surface area contributed by atoms with Crippen molar-refractivity contribution in [2.24, 2.45) is 10.7 Å². The molecular formula is C8H12N2O2. The summed E-state index contributed by atoms with van der Waals surface area (Å²) in [6, 6.07) is -0.232. The van der Waals surface area contributed by atoms with E-state index in [4.69, 9.17) is 10.5 Å². The average Bonchev–Trinajstić information content (AvgIpc) is 2.33. The number of hydrogen-bond acceptors (Lipinski definition) is 4. The highest BCUT2D eigenvalue weighted by molar-refractivity contribution is 6.00. The quantitative estimate of drug-likeness (QED) is 0.600. The molecule has 4 nitrogen and oxygen atoms in total. The standard InChI is InChI=1S/C8H12N2O2/c1-3-12-8(11)7-4-6(9)5(2)10-7/h4,6H,3,9H2,1-2H3. The van der Waals surface area contributed by atoms with Crippen LogP contribution in [-0.4, -0.2) is 24.3 Å². The third kappa shape index (κ3) is 1.71. The van der Waals surface area contributed by atoms with E-state index in [1.807, 2.05) is 0 Å². The van der Waals surface area contributed by atoms with Crippen LogP contribution in [0.15, 0.2) is 16.8 Å². The maximum Gasteiger partial charge on any atom is 0.356 e. The van der Waals surface area contributed by atoms with Gasteiger partial charge in [0, 0.05) is 5.71 Å². The van der Waals surface area contributed by atoms with Gasteiger partial charge in [0.05, 0.1) is 12.6 Å². The van der Waals surface area contributed by atoms with Crippen molar-refractivity contribution in [2.45, 2.75) is 19.9 Å². The van der Waals surface area contributed by atoms with Crippen LogP contribution in [0.4, 0.5) is 0 Å². The average molecular weight is 168 g/mol. The van der Waals surface area contributed by atoms with Gasteiger partial charge < -0.3 is 10.5 Å². The molecule has 1 atom stereocenters. The molecule has 0 amide bonds. The summed E-state index contributed by atoms with van der Waals surface area (Å²) in [5, 5.41) is 0. The molecule has 0 saturated carbocycles. The molecule has 66 valence electrons. The van der Waals surface area contributed by atoms with E-state index in [0.717, 1.165) is 5.71 Å². The van der Waals surface area contributed by atoms with Gasteiger partial charge in [-0.1, -0.05) is 0 Å². The van der Waals surface area contributed by atoms with Crippen molar-refractivity contribution < 1.29 is 9.53 Å². The molecule has 1 unspecified atom stereocenters. The van der Waals surface area contributed by atoms with Crippen molar-refractivity contribution in [3.63, 3.8) is 0 Å². The summed E-state index contributed by atoms with van der Waals surface area (Å²) >= 11 is 0. The third-order valence-corrected chi connectivity index (χ3v) is 1.60. The van der Waals surface area contributed by atoms with E-state index >= 15 is 0 Å². The number of nitrogens with two attached hydrogens (primary N) is 1. The predicted octanol–water partition coefficient (Wildman–Crippen LogP) is 0.235. The van der Waals surface area contributed by atoms with E-state index in [0.29, 0.717) is 12.3 Å². The van der Waals surface area contributed by atoms with Crippen LogP contribution >= 0.6 is 0 Å². The van der Waals surface area contributed by atoms with Gasteiger partial charge in [0.25, 0.3) is 0 Å². The Morgan fingerprint density at radius 3 is 2.92 bits per heavy atom. The zero-order valence-electron chi connectivity index (χ0n) is 7.20. The molecule has 0 bridgehead atoms. The van der Waals surface area contributed by atoms with Gasteiger partial charge in [-0.2, -0.15) is 0 Å². The molecule has 0 aromatic carbocycles. The molecule has 0 aromatic heterocycles. The van der Waals surface area contributed by atoms with Crippen LogP contribution in [0.3, 0.4) is 0 Å². The monoisotopic (exact) mass is 168 g/mol. The first-order chi connectivity index (χ1) is 5.65. The maximum atomic E-state index is 11.1. The topological polar surface area (TPSA) is 64.7 Å². The smallest absolute Gasteiger partial charge is 0.356 e. The lowest BCUT2D eigenvalue weighted by molar-refractivity contribution is -0.138. The summed E-state index contributed by atoms with van der Waals surface area (Å²) in [6.07, 6.45) is 1.60. The second-order valence-corrected chi connectivity index (χ2v) is 2.55. The van der Waals surface area contributed by atoms with E-state index < -0.39 is 5.97 Å². The van der Waals surface area contributed by atoms with Gasteiger partial charge in [-0.05, 0) is 19.9 Å². The molecule has 2 N–H and O–H groups in total. The van der Waals surface area contributed by atoms with E-state index in [1.54, 1.807) is 19.9 Å². The molecule has 0 spiro atoms. The normalized spacial score (nSPS) is 21.8. The number of aliphatic imine (C=N–C) groups is 1. The number of nitrogens with zero attached hydrogens (tertiary/aromatic N) is 1. The molecule has 1 aliphatic heterocycles. The van der Waals surface area contributed by atoms with Crippen LogP contribution in [0.25, 0.3) is 0 Å². The van der Waals surface area contributed by atoms with Crippen molar-refractivity contribution in [1.82, 2.24) is 0 Å². The Labute approximate surface area is 71.1 Å². The predicted molar refractivity (Wildman–Crippen MR) is 45.8 cm³/mol. The van der Waals surface area contributed by atoms with Gasteiger partial charge >= 0.3 is 5.97 Å². The van der Waals surface area contributed by atoms with Gasteiger partial charge in [-0.25, -0.2) is 9.79 Å². The molecule has 0 aromatic rings. The number of esters is 1. The molecule has 0 radical (unpaired) electrons. The fourth-order valence-electron chi connectivity index (χ4n) is 0.911. The highest BCUT2D eigenvalue weighted by atomic mass is 16.5. The molecule has 1 rings (SSSR count). The number of carbonyl (C=O) groups is 1. The SMILES string of the molecule is CCOC(=O)C1=CC(N)C(C)=N1. The minimum absolute atomic E-state index is 0.232. The molecule has 1 aliphatic rings. The molecule has 4 heteroatoms. The number of hydrogen-bond donors (Lipinski definition) is 1. The Morgan fingerprint density at radius 1 is 1.83 bits per heavy atom. The van der Waals surface area contributed by atoms with Crippen molar-refractivity contribution in [3.8, 4) is 0 Å². The zero-order chi connectivity index (χ0) is 9.14. The minimum Gasteiger partial charge on any atom is -0.461 e. The fraction of sp³-hybridized carbons (Fsp3) is 0.500.